The normalized spacial score (nSPS) is 10.9. The zero-order chi connectivity index (χ0) is 27.9. The highest BCUT2D eigenvalue weighted by molar-refractivity contribution is 7.20. The summed E-state index contributed by atoms with van der Waals surface area (Å²) in [5.41, 5.74) is 3.25. The molecular formula is C26H20ClFN4O6S. The van der Waals surface area contributed by atoms with E-state index in [4.69, 9.17) is 21.1 Å². The Bertz CT molecular complexity index is 1570. The Morgan fingerprint density at radius 3 is 2.62 bits per heavy atom. The van der Waals surface area contributed by atoms with Crippen molar-refractivity contribution in [2.24, 2.45) is 5.10 Å². The first-order valence-electron chi connectivity index (χ1n) is 11.4. The maximum Gasteiger partial charge on any atom is 0.281 e. The number of nitro groups is 1. The minimum absolute atomic E-state index is 0.0619. The van der Waals surface area contributed by atoms with Gasteiger partial charge >= 0.3 is 0 Å². The van der Waals surface area contributed by atoms with Gasteiger partial charge < -0.3 is 14.8 Å². The van der Waals surface area contributed by atoms with Crippen molar-refractivity contribution >= 4 is 62.4 Å². The third-order valence-corrected chi connectivity index (χ3v) is 6.52. The highest BCUT2D eigenvalue weighted by Crippen LogP contribution is 2.36. The van der Waals surface area contributed by atoms with E-state index in [0.29, 0.717) is 21.5 Å². The first-order valence-corrected chi connectivity index (χ1v) is 12.6. The molecule has 0 saturated heterocycles. The van der Waals surface area contributed by atoms with Crippen molar-refractivity contribution in [2.75, 3.05) is 18.5 Å². The van der Waals surface area contributed by atoms with Gasteiger partial charge in [0.25, 0.3) is 17.5 Å². The van der Waals surface area contributed by atoms with E-state index in [0.717, 1.165) is 4.70 Å². The van der Waals surface area contributed by atoms with Crippen molar-refractivity contribution in [1.82, 2.24) is 5.43 Å². The number of amides is 2. The van der Waals surface area contributed by atoms with Gasteiger partial charge in [-0.2, -0.15) is 5.10 Å². The predicted octanol–water partition coefficient (Wildman–Crippen LogP) is 5.78. The van der Waals surface area contributed by atoms with Crippen LogP contribution in [0.15, 0.2) is 65.8 Å². The lowest BCUT2D eigenvalue weighted by molar-refractivity contribution is -0.384. The standard InChI is InChI=1S/C26H20ClFN4O6S/c1-2-37-21-10-15(9-20(27)25(21)38-14-24(33)30-18-5-3-17(28)4-6-18)13-29-31-26(34)23-12-16-11-19(32(35)36)7-8-22(16)39-23/h3-13H,2,14H2,1H3,(H,30,33)(H,31,34)/b29-13-. The summed E-state index contributed by atoms with van der Waals surface area (Å²) in [7, 11) is 0. The lowest BCUT2D eigenvalue weighted by Gasteiger charge is -2.14. The van der Waals surface area contributed by atoms with Crippen LogP contribution in [0.25, 0.3) is 10.1 Å². The summed E-state index contributed by atoms with van der Waals surface area (Å²) in [5.74, 6) is -0.983. The molecule has 1 aromatic heterocycles. The molecule has 0 bridgehead atoms. The van der Waals surface area contributed by atoms with E-state index < -0.39 is 22.6 Å². The first-order chi connectivity index (χ1) is 18.7. The van der Waals surface area contributed by atoms with Crippen LogP contribution in [0.3, 0.4) is 0 Å². The Morgan fingerprint density at radius 1 is 1.13 bits per heavy atom. The van der Waals surface area contributed by atoms with Crippen LogP contribution in [0, 0.1) is 15.9 Å². The van der Waals surface area contributed by atoms with Crippen molar-refractivity contribution in [3.8, 4) is 11.5 Å². The van der Waals surface area contributed by atoms with Crippen LogP contribution in [0.5, 0.6) is 11.5 Å². The van der Waals surface area contributed by atoms with Gasteiger partial charge in [0.15, 0.2) is 18.1 Å². The Labute approximate surface area is 230 Å². The average molecular weight is 571 g/mol. The number of hydrogen-bond donors (Lipinski definition) is 2. The summed E-state index contributed by atoms with van der Waals surface area (Å²) >= 11 is 7.55. The second-order valence-electron chi connectivity index (χ2n) is 7.90. The molecule has 4 rings (SSSR count). The van der Waals surface area contributed by atoms with E-state index >= 15 is 0 Å². The number of carbonyl (C=O) groups is 2. The molecule has 0 unspecified atom stereocenters. The monoisotopic (exact) mass is 570 g/mol. The summed E-state index contributed by atoms with van der Waals surface area (Å²) in [5, 5.41) is 18.2. The SMILES string of the molecule is CCOc1cc(/C=N\NC(=O)c2cc3cc([N+](=O)[O-])ccc3s2)cc(Cl)c1OCC(=O)Nc1ccc(F)cc1. The number of hydrazone groups is 1. The Kier molecular flexibility index (Phi) is 8.69. The molecule has 10 nitrogen and oxygen atoms in total. The molecule has 0 atom stereocenters. The van der Waals surface area contributed by atoms with Crippen LogP contribution in [0.1, 0.15) is 22.2 Å². The molecule has 3 aromatic carbocycles. The topological polar surface area (TPSA) is 132 Å². The van der Waals surface area contributed by atoms with Gasteiger partial charge in [-0.05, 0) is 61.0 Å². The molecule has 0 fully saturated rings. The van der Waals surface area contributed by atoms with Crippen LogP contribution in [-0.2, 0) is 4.79 Å². The Hall–Kier alpha value is -4.55. The molecular weight excluding hydrogens is 551 g/mol. The number of rotatable bonds is 10. The fourth-order valence-electron chi connectivity index (χ4n) is 3.41. The summed E-state index contributed by atoms with van der Waals surface area (Å²) in [6, 6.07) is 14.3. The lowest BCUT2D eigenvalue weighted by Crippen LogP contribution is -2.20. The molecule has 4 aromatic rings. The molecule has 2 amide bonds. The first kappa shape index (κ1) is 27.5. The van der Waals surface area contributed by atoms with Crippen molar-refractivity contribution in [3.63, 3.8) is 0 Å². The van der Waals surface area contributed by atoms with Crippen LogP contribution >= 0.6 is 22.9 Å². The maximum atomic E-state index is 13.0. The van der Waals surface area contributed by atoms with Crippen LogP contribution in [0.2, 0.25) is 5.02 Å². The maximum absolute atomic E-state index is 13.0. The van der Waals surface area contributed by atoms with Crippen LogP contribution in [0.4, 0.5) is 15.8 Å². The van der Waals surface area contributed by atoms with E-state index in [1.165, 1.54) is 60.0 Å². The van der Waals surface area contributed by atoms with Crippen molar-refractivity contribution in [1.29, 1.82) is 0 Å². The van der Waals surface area contributed by atoms with Crippen molar-refractivity contribution < 1.29 is 28.4 Å². The van der Waals surface area contributed by atoms with E-state index in [1.54, 1.807) is 25.1 Å². The summed E-state index contributed by atoms with van der Waals surface area (Å²) in [6.07, 6.45) is 1.36. The Morgan fingerprint density at radius 2 is 1.90 bits per heavy atom. The van der Waals surface area contributed by atoms with Gasteiger partial charge in [0, 0.05) is 27.9 Å². The van der Waals surface area contributed by atoms with Gasteiger partial charge in [0.2, 0.25) is 0 Å². The molecule has 0 spiro atoms. The zero-order valence-corrected chi connectivity index (χ0v) is 21.8. The number of nitrogens with one attached hydrogen (secondary N) is 2. The second-order valence-corrected chi connectivity index (χ2v) is 9.39. The van der Waals surface area contributed by atoms with Crippen LogP contribution in [-0.4, -0.2) is 36.2 Å². The van der Waals surface area contributed by atoms with Crippen LogP contribution < -0.4 is 20.2 Å². The number of thiophene rings is 1. The third kappa shape index (κ3) is 7.06. The highest BCUT2D eigenvalue weighted by atomic mass is 35.5. The van der Waals surface area contributed by atoms with Gasteiger partial charge in [-0.1, -0.05) is 11.6 Å². The second kappa shape index (κ2) is 12.3. The van der Waals surface area contributed by atoms with Crippen molar-refractivity contribution in [2.45, 2.75) is 6.92 Å². The van der Waals surface area contributed by atoms with E-state index in [2.05, 4.69) is 15.8 Å². The number of nitro benzene ring substituents is 1. The summed E-state index contributed by atoms with van der Waals surface area (Å²) in [4.78, 5) is 35.6. The van der Waals surface area contributed by atoms with Gasteiger partial charge in [0.05, 0.1) is 27.6 Å². The molecule has 39 heavy (non-hydrogen) atoms. The number of hydrogen-bond acceptors (Lipinski definition) is 8. The fraction of sp³-hybridized carbons (Fsp3) is 0.115. The molecule has 1 heterocycles. The molecule has 13 heteroatoms. The number of ether oxygens (including phenoxy) is 2. The molecule has 0 aliphatic rings. The van der Waals surface area contributed by atoms with Gasteiger partial charge in [-0.15, -0.1) is 11.3 Å². The molecule has 2 N–H and O–H groups in total. The largest absolute Gasteiger partial charge is 0.490 e. The van der Waals surface area contributed by atoms with Gasteiger partial charge in [0.1, 0.15) is 5.82 Å². The number of fused-ring (bicyclic) bond motifs is 1. The minimum Gasteiger partial charge on any atom is -0.490 e. The quantitative estimate of drug-likeness (QED) is 0.141. The van der Waals surface area contributed by atoms with Crippen molar-refractivity contribution in [3.05, 3.63) is 92.1 Å². The number of non-ortho nitro benzene ring substituents is 1. The molecule has 0 radical (unpaired) electrons. The molecule has 200 valence electrons. The number of benzene rings is 3. The van der Waals surface area contributed by atoms with Gasteiger partial charge in [-0.25, -0.2) is 9.82 Å². The smallest absolute Gasteiger partial charge is 0.281 e. The minimum atomic E-state index is -0.498. The highest BCUT2D eigenvalue weighted by Gasteiger charge is 2.15. The zero-order valence-electron chi connectivity index (χ0n) is 20.3. The van der Waals surface area contributed by atoms with Gasteiger partial charge in [-0.3, -0.25) is 19.7 Å². The number of nitrogens with zero attached hydrogens (tertiary/aromatic N) is 2. The number of carbonyl (C=O) groups excluding carboxylic acids is 2. The molecule has 0 aliphatic heterocycles. The summed E-state index contributed by atoms with van der Waals surface area (Å²) in [6.45, 7) is 1.68. The number of anilines is 1. The number of halogens is 2. The van der Waals surface area contributed by atoms with E-state index in [9.17, 15) is 24.1 Å². The third-order valence-electron chi connectivity index (χ3n) is 5.12. The predicted molar refractivity (Wildman–Crippen MR) is 147 cm³/mol. The molecule has 0 aliphatic carbocycles. The fourth-order valence-corrected chi connectivity index (χ4v) is 4.62. The Balaban J connectivity index is 1.41. The lowest BCUT2D eigenvalue weighted by atomic mass is 10.2. The average Bonchev–Trinajstić information content (AvgIpc) is 3.33. The summed E-state index contributed by atoms with van der Waals surface area (Å²) < 4.78 is 25.0. The van der Waals surface area contributed by atoms with E-state index in [-0.39, 0.29) is 35.4 Å². The molecule has 0 saturated carbocycles. The van der Waals surface area contributed by atoms with E-state index in [1.807, 2.05) is 0 Å².